The van der Waals surface area contributed by atoms with Crippen LogP contribution >= 0.6 is 15.6 Å². The average molecular weight is 909 g/mol. The lowest BCUT2D eigenvalue weighted by molar-refractivity contribution is -0.0815. The molecule has 4 aromatic rings. The van der Waals surface area contributed by atoms with Crippen LogP contribution in [0.25, 0.3) is 22.3 Å². The molecule has 0 spiro atoms. The number of imidazole rings is 2. The first-order valence-corrected chi connectivity index (χ1v) is 21.0. The summed E-state index contributed by atoms with van der Waals surface area (Å²) in [6, 6.07) is 0. The van der Waals surface area contributed by atoms with Gasteiger partial charge in [0.1, 0.15) is 42.4 Å². The molecule has 334 valence electrons. The number of aromatic nitrogens is 8. The van der Waals surface area contributed by atoms with Crippen LogP contribution in [0, 0.1) is 0 Å². The van der Waals surface area contributed by atoms with Gasteiger partial charge in [0.15, 0.2) is 41.3 Å². The van der Waals surface area contributed by atoms with Crippen molar-refractivity contribution in [3.63, 3.8) is 0 Å². The fourth-order valence-corrected chi connectivity index (χ4v) is 8.60. The van der Waals surface area contributed by atoms with Crippen molar-refractivity contribution >= 4 is 62.1 Å². The summed E-state index contributed by atoms with van der Waals surface area (Å²) in [5.74, 6) is -0.395. The maximum absolute atomic E-state index is 16.8. The summed E-state index contributed by atoms with van der Waals surface area (Å²) in [5, 5.41) is 11.6. The molecule has 3 aliphatic rings. The van der Waals surface area contributed by atoms with Crippen molar-refractivity contribution in [2.45, 2.75) is 89.1 Å². The predicted octanol–water partition coefficient (Wildman–Crippen LogP) is 1.72. The van der Waals surface area contributed by atoms with E-state index in [0.717, 1.165) is 28.1 Å². The number of phosphoric ester groups is 2. The van der Waals surface area contributed by atoms with Gasteiger partial charge in [0.05, 0.1) is 38.1 Å². The number of rotatable bonds is 10. The lowest BCUT2D eigenvalue weighted by Crippen LogP contribution is -2.36. The van der Waals surface area contributed by atoms with E-state index in [4.69, 9.17) is 67.0 Å². The number of nitrogen functional groups attached to an aromatic ring is 2. The standard InChI is InChI=1S/C30H39FN10O18P2/c1-12(2)54-29(44)48-10-52-60(46)50-5-14-19(42)21(27(56-14)41-9-37-18-24(41)38-28(33)39-25(18)43)59-61(47,53-11-49-30(45)55-13(3)4)51-6-15-20(58-60)16(31)26(57-15)40-8-36-17-22(32)34-7-35-23(17)40/h7-9,12-16,19-21,26-27,42H,5-6,10-11H2,1-4H3,(H2,32,34,35)(H3,33,38,39,43)/t14?,15-,16+,19?,20?,21?,26-,27?,60?,61?/m1/s1. The number of carbonyl (C=O) groups is 2. The van der Waals surface area contributed by atoms with Gasteiger partial charge in [-0.3, -0.25) is 37.0 Å². The van der Waals surface area contributed by atoms with Crippen LogP contribution in [0.3, 0.4) is 0 Å². The molecule has 0 saturated carbocycles. The zero-order valence-electron chi connectivity index (χ0n) is 32.3. The van der Waals surface area contributed by atoms with Crippen molar-refractivity contribution in [3.8, 4) is 0 Å². The number of hydrogen-bond donors (Lipinski definition) is 4. The number of ether oxygens (including phenoxy) is 6. The van der Waals surface area contributed by atoms with Crippen molar-refractivity contribution in [2.24, 2.45) is 0 Å². The number of alkyl halides is 1. The second kappa shape index (κ2) is 17.8. The summed E-state index contributed by atoms with van der Waals surface area (Å²) >= 11 is 0. The Bertz CT molecular complexity index is 2400. The Labute approximate surface area is 341 Å². The molecule has 61 heavy (non-hydrogen) atoms. The molecule has 3 fully saturated rings. The van der Waals surface area contributed by atoms with Gasteiger partial charge in [-0.05, 0) is 27.7 Å². The molecule has 0 aliphatic carbocycles. The second-order valence-electron chi connectivity index (χ2n) is 13.7. The second-order valence-corrected chi connectivity index (χ2v) is 16.9. The van der Waals surface area contributed by atoms with Crippen LogP contribution in [0.15, 0.2) is 23.8 Å². The normalized spacial score (nSPS) is 30.8. The van der Waals surface area contributed by atoms with Gasteiger partial charge >= 0.3 is 28.0 Å². The maximum atomic E-state index is 16.8. The molecule has 0 amide bonds. The molecule has 3 saturated heterocycles. The van der Waals surface area contributed by atoms with Crippen LogP contribution in [0.1, 0.15) is 40.2 Å². The minimum atomic E-state index is -5.19. The Morgan fingerprint density at radius 2 is 1.41 bits per heavy atom. The molecule has 7 heterocycles. The minimum absolute atomic E-state index is 0.00408. The molecule has 2 bridgehead atoms. The van der Waals surface area contributed by atoms with Gasteiger partial charge in [0, 0.05) is 0 Å². The van der Waals surface area contributed by atoms with Crippen LogP contribution in [0.5, 0.6) is 0 Å². The Hall–Kier alpha value is -4.93. The number of fused-ring (bicyclic) bond motifs is 5. The summed E-state index contributed by atoms with van der Waals surface area (Å²) in [4.78, 5) is 59.4. The molecule has 7 unspecified atom stereocenters. The molecule has 28 nitrogen and oxygen atoms in total. The fourth-order valence-electron chi connectivity index (χ4n) is 6.11. The summed E-state index contributed by atoms with van der Waals surface area (Å²) in [5.41, 5.74) is 10.6. The van der Waals surface area contributed by atoms with E-state index in [2.05, 4.69) is 29.9 Å². The third kappa shape index (κ3) is 9.61. The van der Waals surface area contributed by atoms with E-state index in [1.54, 1.807) is 0 Å². The van der Waals surface area contributed by atoms with E-state index in [9.17, 15) is 28.6 Å². The first kappa shape index (κ1) is 44.1. The number of H-pyrrole nitrogens is 1. The van der Waals surface area contributed by atoms with Crippen molar-refractivity contribution in [1.29, 1.82) is 0 Å². The number of aromatic amines is 1. The van der Waals surface area contributed by atoms with Crippen LogP contribution < -0.4 is 17.0 Å². The molecule has 10 atom stereocenters. The first-order chi connectivity index (χ1) is 28.9. The molecule has 7 rings (SSSR count). The highest BCUT2D eigenvalue weighted by molar-refractivity contribution is 7.48. The fraction of sp³-hybridized carbons (Fsp3) is 0.600. The van der Waals surface area contributed by atoms with E-state index in [1.165, 1.54) is 27.7 Å². The lowest BCUT2D eigenvalue weighted by Gasteiger charge is -2.28. The highest BCUT2D eigenvalue weighted by Gasteiger charge is 2.55. The van der Waals surface area contributed by atoms with Gasteiger partial charge in [0.2, 0.25) is 19.5 Å². The lowest BCUT2D eigenvalue weighted by atomic mass is 10.1. The van der Waals surface area contributed by atoms with Gasteiger partial charge in [-0.15, -0.1) is 0 Å². The third-order valence-corrected chi connectivity index (χ3v) is 11.5. The molecular weight excluding hydrogens is 869 g/mol. The Balaban J connectivity index is 1.26. The van der Waals surface area contributed by atoms with E-state index >= 15 is 4.39 Å². The zero-order valence-corrected chi connectivity index (χ0v) is 34.1. The third-order valence-electron chi connectivity index (χ3n) is 8.70. The Morgan fingerprint density at radius 3 is 2.03 bits per heavy atom. The van der Waals surface area contributed by atoms with Crippen LogP contribution in [-0.4, -0.2) is 132 Å². The maximum Gasteiger partial charge on any atom is 0.510 e. The monoisotopic (exact) mass is 908 g/mol. The average Bonchev–Trinajstić information content (AvgIpc) is 3.94. The molecule has 0 aromatic carbocycles. The first-order valence-electron chi connectivity index (χ1n) is 18.0. The summed E-state index contributed by atoms with van der Waals surface area (Å²) < 4.78 is 113. The molecule has 31 heteroatoms. The van der Waals surface area contributed by atoms with Crippen LogP contribution in [-0.2, 0) is 64.7 Å². The molecule has 4 aromatic heterocycles. The number of hydrogen-bond acceptors (Lipinski definition) is 25. The number of aliphatic hydroxyl groups is 1. The van der Waals surface area contributed by atoms with Crippen LogP contribution in [0.2, 0.25) is 0 Å². The number of nitrogens with zero attached hydrogens (tertiary/aromatic N) is 7. The number of phosphoric acid groups is 2. The largest absolute Gasteiger partial charge is 0.510 e. The Morgan fingerprint density at radius 1 is 0.852 bits per heavy atom. The van der Waals surface area contributed by atoms with E-state index in [-0.39, 0.29) is 34.1 Å². The van der Waals surface area contributed by atoms with Crippen molar-refractivity contribution < 1.29 is 83.8 Å². The van der Waals surface area contributed by atoms with E-state index < -0.39 is 122 Å². The number of aliphatic hydroxyl groups excluding tert-OH is 1. The van der Waals surface area contributed by atoms with Crippen molar-refractivity contribution in [1.82, 2.24) is 39.0 Å². The smallest absolute Gasteiger partial charge is 0.432 e. The summed E-state index contributed by atoms with van der Waals surface area (Å²) in [6.07, 6.45) is -15.2. The Kier molecular flexibility index (Phi) is 12.9. The van der Waals surface area contributed by atoms with Gasteiger partial charge < -0.3 is 45.0 Å². The molecular formula is C30H39FN10O18P2. The number of nitrogens with two attached hydrogens (primary N) is 2. The highest BCUT2D eigenvalue weighted by Crippen LogP contribution is 2.58. The van der Waals surface area contributed by atoms with Crippen molar-refractivity contribution in [3.05, 3.63) is 29.3 Å². The zero-order chi connectivity index (χ0) is 43.8. The van der Waals surface area contributed by atoms with Gasteiger partial charge in [0.25, 0.3) is 5.56 Å². The number of nitrogens with one attached hydrogen (secondary N) is 1. The summed E-state index contributed by atoms with van der Waals surface area (Å²) in [7, 11) is -10.4. The van der Waals surface area contributed by atoms with E-state index in [1.807, 2.05) is 0 Å². The molecule has 0 radical (unpaired) electrons. The number of halogens is 1. The summed E-state index contributed by atoms with van der Waals surface area (Å²) in [6.45, 7) is 1.94. The van der Waals surface area contributed by atoms with Gasteiger partial charge in [-0.1, -0.05) is 0 Å². The topological polar surface area (TPSA) is 358 Å². The quantitative estimate of drug-likeness (QED) is 0.0999. The van der Waals surface area contributed by atoms with Crippen molar-refractivity contribution in [2.75, 3.05) is 38.3 Å². The molecule has 3 aliphatic heterocycles. The highest BCUT2D eigenvalue weighted by atomic mass is 31.2. The predicted molar refractivity (Wildman–Crippen MR) is 195 cm³/mol. The van der Waals surface area contributed by atoms with Crippen LogP contribution in [0.4, 0.5) is 25.7 Å². The number of anilines is 2. The SMILES string of the molecule is CC(C)OC(=O)OCOP1(=O)OC[C@H]2O[C@@H](n3cnc4c(N)ncnc43)[C@@H](F)C2OP(=O)(OCOC(=O)OC(C)C)OCC2OC(n3cnc4c(=O)[nH]c(N)nc43)C(O1)C2O. The molecule has 6 N–H and O–H groups in total. The van der Waals surface area contributed by atoms with Gasteiger partial charge in [-0.25, -0.2) is 52.1 Å². The van der Waals surface area contributed by atoms with Gasteiger partial charge in [-0.2, -0.15) is 4.98 Å². The van der Waals surface area contributed by atoms with E-state index in [0.29, 0.717) is 0 Å². The number of carbonyl (C=O) groups excluding carboxylic acids is 2. The minimum Gasteiger partial charge on any atom is -0.432 e.